The molecule has 4 heteroatoms. The van der Waals surface area contributed by atoms with Crippen LogP contribution in [0, 0.1) is 0 Å². The summed E-state index contributed by atoms with van der Waals surface area (Å²) >= 11 is 0. The Balaban J connectivity index is 2.09. The number of benzene rings is 1. The van der Waals surface area contributed by atoms with Gasteiger partial charge in [-0.05, 0) is 31.4 Å². The van der Waals surface area contributed by atoms with E-state index in [1.807, 2.05) is 6.07 Å². The molecule has 1 aromatic rings. The molecule has 0 aliphatic heterocycles. The predicted molar refractivity (Wildman–Crippen MR) is 63.6 cm³/mol. The van der Waals surface area contributed by atoms with Crippen LogP contribution in [0.25, 0.3) is 0 Å². The molecule has 0 aromatic heterocycles. The van der Waals surface area contributed by atoms with E-state index in [0.717, 1.165) is 12.8 Å². The highest BCUT2D eigenvalue weighted by Crippen LogP contribution is 2.30. The zero-order valence-corrected chi connectivity index (χ0v) is 9.41. The van der Waals surface area contributed by atoms with E-state index in [9.17, 15) is 9.18 Å². The van der Waals surface area contributed by atoms with Gasteiger partial charge >= 0.3 is 0 Å². The number of carbonyl (C=O) groups is 1. The summed E-state index contributed by atoms with van der Waals surface area (Å²) < 4.78 is 18.3. The van der Waals surface area contributed by atoms with Gasteiger partial charge in [-0.2, -0.15) is 0 Å². The van der Waals surface area contributed by atoms with Crippen LogP contribution in [-0.4, -0.2) is 12.0 Å². The highest BCUT2D eigenvalue weighted by molar-refractivity contribution is 6.02. The Labute approximate surface area is 99.3 Å². The first-order valence-electron chi connectivity index (χ1n) is 5.58. The van der Waals surface area contributed by atoms with Gasteiger partial charge in [0.2, 0.25) is 0 Å². The summed E-state index contributed by atoms with van der Waals surface area (Å²) in [6, 6.07) is 7.00. The summed E-state index contributed by atoms with van der Waals surface area (Å²) in [6.07, 6.45) is 3.43. The molecule has 1 N–H and O–H groups in total. The minimum Gasteiger partial charge on any atom is -0.488 e. The van der Waals surface area contributed by atoms with E-state index in [4.69, 9.17) is 4.74 Å². The van der Waals surface area contributed by atoms with Crippen molar-refractivity contribution in [3.8, 4) is 5.75 Å². The molecular weight excluding hydrogens is 221 g/mol. The maximum Gasteiger partial charge on any atom is 0.283 e. The topological polar surface area (TPSA) is 38.3 Å². The van der Waals surface area contributed by atoms with Crippen molar-refractivity contribution in [2.24, 2.45) is 0 Å². The third kappa shape index (κ3) is 2.84. The van der Waals surface area contributed by atoms with Crippen molar-refractivity contribution >= 4 is 11.6 Å². The average Bonchev–Trinajstić information content (AvgIpc) is 2.25. The van der Waals surface area contributed by atoms with Gasteiger partial charge in [0.1, 0.15) is 5.75 Å². The average molecular weight is 235 g/mol. The quantitative estimate of drug-likeness (QED) is 0.814. The van der Waals surface area contributed by atoms with E-state index in [1.165, 1.54) is 6.42 Å². The Morgan fingerprint density at radius 1 is 1.41 bits per heavy atom. The van der Waals surface area contributed by atoms with E-state index in [0.29, 0.717) is 11.4 Å². The lowest BCUT2D eigenvalue weighted by Crippen LogP contribution is -2.25. The summed E-state index contributed by atoms with van der Waals surface area (Å²) in [5.41, 5.74) is 0.475. The Morgan fingerprint density at radius 3 is 2.71 bits per heavy atom. The second kappa shape index (κ2) is 4.99. The van der Waals surface area contributed by atoms with Crippen LogP contribution in [0.3, 0.4) is 0 Å². The van der Waals surface area contributed by atoms with Crippen LogP contribution in [-0.2, 0) is 4.79 Å². The van der Waals surface area contributed by atoms with Crippen LogP contribution in [0.15, 0.2) is 36.7 Å². The zero-order valence-electron chi connectivity index (χ0n) is 9.41. The maximum absolute atomic E-state index is 12.6. The number of hydrogen-bond acceptors (Lipinski definition) is 2. The summed E-state index contributed by atoms with van der Waals surface area (Å²) in [5, 5.41) is 2.43. The van der Waals surface area contributed by atoms with Crippen molar-refractivity contribution in [1.82, 2.24) is 0 Å². The number of halogens is 1. The molecule has 2 rings (SSSR count). The number of nitrogens with one attached hydrogen (secondary N) is 1. The van der Waals surface area contributed by atoms with Gasteiger partial charge in [0.25, 0.3) is 5.91 Å². The molecule has 1 amide bonds. The van der Waals surface area contributed by atoms with E-state index < -0.39 is 11.7 Å². The summed E-state index contributed by atoms with van der Waals surface area (Å²) in [4.78, 5) is 11.2. The molecule has 3 nitrogen and oxygen atoms in total. The van der Waals surface area contributed by atoms with Crippen molar-refractivity contribution in [3.63, 3.8) is 0 Å². The fraction of sp³-hybridized carbons (Fsp3) is 0.308. The van der Waals surface area contributed by atoms with Gasteiger partial charge in [-0.15, -0.1) is 0 Å². The van der Waals surface area contributed by atoms with E-state index in [2.05, 4.69) is 11.9 Å². The zero-order chi connectivity index (χ0) is 12.3. The Morgan fingerprint density at radius 2 is 2.12 bits per heavy atom. The highest BCUT2D eigenvalue weighted by Gasteiger charge is 2.20. The molecule has 90 valence electrons. The van der Waals surface area contributed by atoms with Crippen LogP contribution in [0.2, 0.25) is 0 Å². The normalized spacial score (nSPS) is 14.9. The Bertz CT molecular complexity index is 441. The molecule has 1 saturated carbocycles. The third-order valence-corrected chi connectivity index (χ3v) is 2.73. The van der Waals surface area contributed by atoms with Gasteiger partial charge < -0.3 is 10.1 Å². The van der Waals surface area contributed by atoms with Crippen LogP contribution >= 0.6 is 0 Å². The lowest BCUT2D eigenvalue weighted by atomic mass is 9.96. The molecule has 0 radical (unpaired) electrons. The number of rotatable bonds is 4. The van der Waals surface area contributed by atoms with Crippen molar-refractivity contribution in [2.75, 3.05) is 5.32 Å². The van der Waals surface area contributed by atoms with Crippen molar-refractivity contribution in [1.29, 1.82) is 0 Å². The monoisotopic (exact) mass is 235 g/mol. The second-order valence-electron chi connectivity index (χ2n) is 4.03. The molecule has 1 aliphatic rings. The first kappa shape index (κ1) is 11.6. The lowest BCUT2D eigenvalue weighted by Gasteiger charge is -2.27. The SMILES string of the molecule is C=C(F)C(=O)Nc1ccccc1OC1CCC1. The Kier molecular flexibility index (Phi) is 3.42. The molecule has 1 aliphatic carbocycles. The second-order valence-corrected chi connectivity index (χ2v) is 4.03. The van der Waals surface area contributed by atoms with E-state index in [1.54, 1.807) is 18.2 Å². The molecule has 0 heterocycles. The molecule has 0 spiro atoms. The molecule has 0 atom stereocenters. The number of carbonyl (C=O) groups excluding carboxylic acids is 1. The van der Waals surface area contributed by atoms with Crippen molar-refractivity contribution < 1.29 is 13.9 Å². The van der Waals surface area contributed by atoms with Crippen LogP contribution in [0.4, 0.5) is 10.1 Å². The van der Waals surface area contributed by atoms with E-state index >= 15 is 0 Å². The molecule has 0 unspecified atom stereocenters. The number of para-hydroxylation sites is 2. The number of anilines is 1. The predicted octanol–water partition coefficient (Wildman–Crippen LogP) is 3.04. The fourth-order valence-corrected chi connectivity index (χ4v) is 1.53. The molecule has 1 fully saturated rings. The number of ether oxygens (including phenoxy) is 1. The molecule has 0 bridgehead atoms. The maximum atomic E-state index is 12.6. The minimum absolute atomic E-state index is 0.210. The Hall–Kier alpha value is -1.84. The highest BCUT2D eigenvalue weighted by atomic mass is 19.1. The van der Waals surface area contributed by atoms with E-state index in [-0.39, 0.29) is 6.10 Å². The van der Waals surface area contributed by atoms with Gasteiger partial charge in [0.05, 0.1) is 11.8 Å². The summed E-state index contributed by atoms with van der Waals surface area (Å²) in [6.45, 7) is 2.95. The van der Waals surface area contributed by atoms with Gasteiger partial charge in [-0.1, -0.05) is 18.7 Å². The molecule has 0 saturated heterocycles. The van der Waals surface area contributed by atoms with Crippen molar-refractivity contribution in [3.05, 3.63) is 36.7 Å². The summed E-state index contributed by atoms with van der Waals surface area (Å²) in [7, 11) is 0. The summed E-state index contributed by atoms with van der Waals surface area (Å²) in [5.74, 6) is -1.27. The fourth-order valence-electron chi connectivity index (χ4n) is 1.53. The third-order valence-electron chi connectivity index (χ3n) is 2.73. The first-order valence-corrected chi connectivity index (χ1v) is 5.58. The molecule has 1 aromatic carbocycles. The van der Waals surface area contributed by atoms with Crippen LogP contribution in [0.1, 0.15) is 19.3 Å². The first-order chi connectivity index (χ1) is 8.16. The van der Waals surface area contributed by atoms with Crippen LogP contribution < -0.4 is 10.1 Å². The van der Waals surface area contributed by atoms with Crippen LogP contribution in [0.5, 0.6) is 5.75 Å². The van der Waals surface area contributed by atoms with Gasteiger partial charge in [0.15, 0.2) is 5.83 Å². The number of amides is 1. The largest absolute Gasteiger partial charge is 0.488 e. The minimum atomic E-state index is -1.01. The molecular formula is C13H14FNO2. The standard InChI is InChI=1S/C13H14FNO2/c1-9(14)13(16)15-11-7-2-3-8-12(11)17-10-5-4-6-10/h2-3,7-8,10H,1,4-6H2,(H,15,16). The van der Waals surface area contributed by atoms with Crippen molar-refractivity contribution in [2.45, 2.75) is 25.4 Å². The van der Waals surface area contributed by atoms with Gasteiger partial charge in [0, 0.05) is 0 Å². The molecule has 17 heavy (non-hydrogen) atoms. The lowest BCUT2D eigenvalue weighted by molar-refractivity contribution is -0.114. The smallest absolute Gasteiger partial charge is 0.283 e. The van der Waals surface area contributed by atoms with Gasteiger partial charge in [-0.25, -0.2) is 4.39 Å². The van der Waals surface area contributed by atoms with Gasteiger partial charge in [-0.3, -0.25) is 4.79 Å². The number of hydrogen-bond donors (Lipinski definition) is 1.